The van der Waals surface area contributed by atoms with Crippen molar-refractivity contribution in [3.8, 4) is 0 Å². The number of rotatable bonds is 3. The van der Waals surface area contributed by atoms with Crippen LogP contribution in [0.15, 0.2) is 40.2 Å². The second-order valence-corrected chi connectivity index (χ2v) is 6.08. The van der Waals surface area contributed by atoms with Crippen LogP contribution in [0, 0.1) is 0 Å². The number of nitrogens with one attached hydrogen (secondary N) is 1. The first-order valence-electron chi connectivity index (χ1n) is 5.37. The van der Waals surface area contributed by atoms with Crippen molar-refractivity contribution in [1.29, 1.82) is 0 Å². The lowest BCUT2D eigenvalue weighted by atomic mass is 10.2. The summed E-state index contributed by atoms with van der Waals surface area (Å²) in [6.45, 7) is 1.96. The fourth-order valence-electron chi connectivity index (χ4n) is 1.53. The molecule has 1 unspecified atom stereocenters. The number of carbonyl (C=O) groups excluding carboxylic acids is 1. The number of benzene rings is 1. The van der Waals surface area contributed by atoms with E-state index < -0.39 is 0 Å². The lowest BCUT2D eigenvalue weighted by Crippen LogP contribution is -2.26. The van der Waals surface area contributed by atoms with Gasteiger partial charge < -0.3 is 5.32 Å². The Hall–Kier alpha value is -0.840. The molecule has 5 heteroatoms. The Morgan fingerprint density at radius 1 is 1.44 bits per heavy atom. The minimum absolute atomic E-state index is 0.0000719. The molecule has 1 N–H and O–H groups in total. The number of amides is 1. The van der Waals surface area contributed by atoms with Crippen LogP contribution < -0.4 is 5.32 Å². The van der Waals surface area contributed by atoms with Crippen molar-refractivity contribution in [2.75, 3.05) is 0 Å². The summed E-state index contributed by atoms with van der Waals surface area (Å²) in [5, 5.41) is 5.47. The van der Waals surface area contributed by atoms with Gasteiger partial charge in [-0.1, -0.05) is 17.7 Å². The van der Waals surface area contributed by atoms with Gasteiger partial charge in [0.2, 0.25) is 0 Å². The largest absolute Gasteiger partial charge is 0.345 e. The summed E-state index contributed by atoms with van der Waals surface area (Å²) in [6.07, 6.45) is 0. The first-order chi connectivity index (χ1) is 8.58. The van der Waals surface area contributed by atoms with Crippen LogP contribution >= 0.6 is 38.9 Å². The maximum atomic E-state index is 12.0. The average molecular weight is 345 g/mol. The summed E-state index contributed by atoms with van der Waals surface area (Å²) in [5.41, 5.74) is 0.562. The Labute approximate surface area is 123 Å². The standard InChI is InChI=1S/C13H11BrClNOS/c1-8(12-3-2-6-18-12)16-13(17)9-4-5-10(14)11(15)7-9/h2-8H,1H3,(H,16,17). The summed E-state index contributed by atoms with van der Waals surface area (Å²) in [7, 11) is 0. The maximum absolute atomic E-state index is 12.0. The van der Waals surface area contributed by atoms with Gasteiger partial charge in [0.15, 0.2) is 0 Å². The molecule has 2 rings (SSSR count). The Balaban J connectivity index is 2.10. The summed E-state index contributed by atoms with van der Waals surface area (Å²) in [5.74, 6) is -0.120. The van der Waals surface area contributed by atoms with Crippen molar-refractivity contribution in [3.63, 3.8) is 0 Å². The van der Waals surface area contributed by atoms with Gasteiger partial charge in [0.25, 0.3) is 5.91 Å². The van der Waals surface area contributed by atoms with E-state index in [4.69, 9.17) is 11.6 Å². The number of halogens is 2. The summed E-state index contributed by atoms with van der Waals surface area (Å²) < 4.78 is 0.784. The lowest BCUT2D eigenvalue weighted by molar-refractivity contribution is 0.0940. The zero-order valence-corrected chi connectivity index (χ0v) is 12.8. The first kappa shape index (κ1) is 13.6. The second kappa shape index (κ2) is 5.87. The molecule has 0 aliphatic carbocycles. The Kier molecular flexibility index (Phi) is 4.43. The van der Waals surface area contributed by atoms with Crippen LogP contribution in [0.1, 0.15) is 28.2 Å². The molecule has 94 valence electrons. The Bertz CT molecular complexity index is 556. The third-order valence-electron chi connectivity index (χ3n) is 2.50. The average Bonchev–Trinajstić information content (AvgIpc) is 2.86. The van der Waals surface area contributed by atoms with Crippen molar-refractivity contribution in [1.82, 2.24) is 5.32 Å². The molecule has 1 heterocycles. The van der Waals surface area contributed by atoms with E-state index in [9.17, 15) is 4.79 Å². The van der Waals surface area contributed by atoms with Crippen molar-refractivity contribution in [3.05, 3.63) is 55.6 Å². The fourth-order valence-corrected chi connectivity index (χ4v) is 2.69. The van der Waals surface area contributed by atoms with Gasteiger partial charge >= 0.3 is 0 Å². The molecule has 1 aromatic carbocycles. The number of hydrogen-bond donors (Lipinski definition) is 1. The van der Waals surface area contributed by atoms with Crippen LogP contribution in [-0.2, 0) is 0 Å². The third-order valence-corrected chi connectivity index (χ3v) is 4.79. The van der Waals surface area contributed by atoms with Crippen LogP contribution in [0.2, 0.25) is 5.02 Å². The van der Waals surface area contributed by atoms with Gasteiger partial charge in [-0.2, -0.15) is 0 Å². The van der Waals surface area contributed by atoms with Crippen molar-refractivity contribution >= 4 is 44.8 Å². The predicted molar refractivity (Wildman–Crippen MR) is 79.4 cm³/mol. The minimum Gasteiger partial charge on any atom is -0.345 e. The summed E-state index contributed by atoms with van der Waals surface area (Å²) in [6, 6.07) is 9.14. The van der Waals surface area contributed by atoms with E-state index in [1.54, 1.807) is 29.5 Å². The molecule has 0 saturated carbocycles. The molecule has 1 atom stereocenters. The molecular weight excluding hydrogens is 334 g/mol. The second-order valence-electron chi connectivity index (χ2n) is 3.84. The molecule has 0 saturated heterocycles. The van der Waals surface area contributed by atoms with Crippen molar-refractivity contribution in [2.24, 2.45) is 0 Å². The predicted octanol–water partition coefficient (Wildman–Crippen LogP) is 4.66. The first-order valence-corrected chi connectivity index (χ1v) is 7.42. The highest BCUT2D eigenvalue weighted by atomic mass is 79.9. The highest BCUT2D eigenvalue weighted by Crippen LogP contribution is 2.24. The fraction of sp³-hybridized carbons (Fsp3) is 0.154. The Morgan fingerprint density at radius 2 is 2.22 bits per heavy atom. The molecule has 0 spiro atoms. The molecule has 2 aromatic rings. The SMILES string of the molecule is CC(NC(=O)c1ccc(Br)c(Cl)c1)c1cccs1. The maximum Gasteiger partial charge on any atom is 0.251 e. The van der Waals surface area contributed by atoms with E-state index in [1.807, 2.05) is 24.4 Å². The normalized spacial score (nSPS) is 12.2. The molecule has 2 nitrogen and oxygen atoms in total. The molecule has 0 fully saturated rings. The molecule has 1 aromatic heterocycles. The van der Waals surface area contributed by atoms with E-state index in [0.717, 1.165) is 9.35 Å². The summed E-state index contributed by atoms with van der Waals surface area (Å²) in [4.78, 5) is 13.2. The molecule has 18 heavy (non-hydrogen) atoms. The van der Waals surface area contributed by atoms with E-state index in [0.29, 0.717) is 10.6 Å². The van der Waals surface area contributed by atoms with Crippen LogP contribution in [0.5, 0.6) is 0 Å². The van der Waals surface area contributed by atoms with E-state index >= 15 is 0 Å². The Morgan fingerprint density at radius 3 is 2.83 bits per heavy atom. The van der Waals surface area contributed by atoms with Crippen molar-refractivity contribution < 1.29 is 4.79 Å². The topological polar surface area (TPSA) is 29.1 Å². The molecular formula is C13H11BrClNOS. The van der Waals surface area contributed by atoms with Gasteiger partial charge in [0, 0.05) is 14.9 Å². The minimum atomic E-state index is -0.120. The molecule has 1 amide bonds. The van der Waals surface area contributed by atoms with E-state index in [1.165, 1.54) is 0 Å². The molecule has 0 aliphatic heterocycles. The van der Waals surface area contributed by atoms with Gasteiger partial charge in [-0.25, -0.2) is 0 Å². The van der Waals surface area contributed by atoms with Gasteiger partial charge in [-0.15, -0.1) is 11.3 Å². The highest BCUT2D eigenvalue weighted by molar-refractivity contribution is 9.10. The number of hydrogen-bond acceptors (Lipinski definition) is 2. The van der Waals surface area contributed by atoms with Crippen LogP contribution in [-0.4, -0.2) is 5.91 Å². The smallest absolute Gasteiger partial charge is 0.251 e. The van der Waals surface area contributed by atoms with E-state index in [2.05, 4.69) is 21.2 Å². The molecule has 0 radical (unpaired) electrons. The number of thiophene rings is 1. The quantitative estimate of drug-likeness (QED) is 0.862. The monoisotopic (exact) mass is 343 g/mol. The molecule has 0 bridgehead atoms. The number of carbonyl (C=O) groups is 1. The van der Waals surface area contributed by atoms with Crippen LogP contribution in [0.3, 0.4) is 0 Å². The van der Waals surface area contributed by atoms with Gasteiger partial charge in [0.1, 0.15) is 0 Å². The zero-order chi connectivity index (χ0) is 13.1. The zero-order valence-electron chi connectivity index (χ0n) is 9.61. The van der Waals surface area contributed by atoms with Gasteiger partial charge in [0.05, 0.1) is 11.1 Å². The van der Waals surface area contributed by atoms with Gasteiger partial charge in [-0.3, -0.25) is 4.79 Å². The van der Waals surface area contributed by atoms with Crippen molar-refractivity contribution in [2.45, 2.75) is 13.0 Å². The summed E-state index contributed by atoms with van der Waals surface area (Å²) >= 11 is 10.9. The van der Waals surface area contributed by atoms with Crippen LogP contribution in [0.25, 0.3) is 0 Å². The van der Waals surface area contributed by atoms with Gasteiger partial charge in [-0.05, 0) is 52.5 Å². The molecule has 0 aliphatic rings. The van der Waals surface area contributed by atoms with Crippen LogP contribution in [0.4, 0.5) is 0 Å². The highest BCUT2D eigenvalue weighted by Gasteiger charge is 2.12. The lowest BCUT2D eigenvalue weighted by Gasteiger charge is -2.12. The van der Waals surface area contributed by atoms with E-state index in [-0.39, 0.29) is 11.9 Å². The third kappa shape index (κ3) is 3.13.